The van der Waals surface area contributed by atoms with Crippen LogP contribution in [0.5, 0.6) is 0 Å². The average molecular weight is 216 g/mol. The Kier molecular flexibility index (Phi) is 3.03. The lowest BCUT2D eigenvalue weighted by Crippen LogP contribution is -2.22. The highest BCUT2D eigenvalue weighted by molar-refractivity contribution is 7.91. The van der Waals surface area contributed by atoms with Crippen LogP contribution in [0.1, 0.15) is 12.5 Å². The number of hydrogen-bond donors (Lipinski definition) is 1. The van der Waals surface area contributed by atoms with Gasteiger partial charge in [-0.1, -0.05) is 6.92 Å². The lowest BCUT2D eigenvalue weighted by Gasteiger charge is -2.00. The summed E-state index contributed by atoms with van der Waals surface area (Å²) in [6.07, 6.45) is 0. The van der Waals surface area contributed by atoms with Crippen LogP contribution in [0.3, 0.4) is 0 Å². The number of rotatable bonds is 3. The molecule has 0 unspecified atom stereocenters. The fraction of sp³-hybridized carbons (Fsp3) is 0.286. The highest BCUT2D eigenvalue weighted by Gasteiger charge is 2.18. The molecule has 13 heavy (non-hydrogen) atoms. The molecule has 0 spiro atoms. The molecule has 0 saturated heterocycles. The van der Waals surface area contributed by atoms with Crippen molar-refractivity contribution in [2.24, 2.45) is 0 Å². The van der Waals surface area contributed by atoms with Gasteiger partial charge in [-0.15, -0.1) is 11.3 Å². The van der Waals surface area contributed by atoms with Crippen LogP contribution in [0, 0.1) is 11.3 Å². The van der Waals surface area contributed by atoms with Gasteiger partial charge in [-0.2, -0.15) is 5.26 Å². The van der Waals surface area contributed by atoms with E-state index in [1.165, 1.54) is 6.07 Å². The van der Waals surface area contributed by atoms with E-state index < -0.39 is 10.0 Å². The van der Waals surface area contributed by atoms with E-state index in [9.17, 15) is 8.42 Å². The highest BCUT2D eigenvalue weighted by atomic mass is 32.2. The summed E-state index contributed by atoms with van der Waals surface area (Å²) in [5.41, 5.74) is 0.200. The topological polar surface area (TPSA) is 70.0 Å². The second-order valence-corrected chi connectivity index (χ2v) is 5.11. The zero-order valence-electron chi connectivity index (χ0n) is 6.94. The first-order valence-corrected chi connectivity index (χ1v) is 5.95. The number of nitriles is 1. The van der Waals surface area contributed by atoms with Crippen molar-refractivity contribution >= 4 is 21.4 Å². The second-order valence-electron chi connectivity index (χ2n) is 2.23. The minimum absolute atomic E-state index is 0.0943. The quantitative estimate of drug-likeness (QED) is 0.816. The van der Waals surface area contributed by atoms with Gasteiger partial charge in [0.05, 0.1) is 5.56 Å². The third-order valence-electron chi connectivity index (χ3n) is 1.33. The highest BCUT2D eigenvalue weighted by Crippen LogP contribution is 2.21. The Balaban J connectivity index is 3.16. The third-order valence-corrected chi connectivity index (χ3v) is 4.36. The maximum atomic E-state index is 11.4. The Morgan fingerprint density at radius 2 is 2.38 bits per heavy atom. The minimum atomic E-state index is -3.46. The van der Waals surface area contributed by atoms with Crippen LogP contribution >= 0.6 is 11.3 Å². The monoisotopic (exact) mass is 216 g/mol. The molecule has 0 fully saturated rings. The molecule has 1 aromatic rings. The molecule has 0 aliphatic carbocycles. The Bertz CT molecular complexity index is 428. The van der Waals surface area contributed by atoms with E-state index in [2.05, 4.69) is 4.72 Å². The molecule has 0 amide bonds. The maximum absolute atomic E-state index is 11.4. The van der Waals surface area contributed by atoms with Gasteiger partial charge in [0.2, 0.25) is 0 Å². The standard InChI is InChI=1S/C7H8N2O2S2/c1-2-9-13(10,11)7-6(5-8)3-4-12-7/h3-4,9H,2H2,1H3. The van der Waals surface area contributed by atoms with Gasteiger partial charge in [0.1, 0.15) is 6.07 Å². The Morgan fingerprint density at radius 1 is 1.69 bits per heavy atom. The summed E-state index contributed by atoms with van der Waals surface area (Å²) < 4.78 is 25.3. The fourth-order valence-electron chi connectivity index (χ4n) is 0.842. The van der Waals surface area contributed by atoms with Gasteiger partial charge in [0.15, 0.2) is 4.21 Å². The second kappa shape index (κ2) is 3.87. The Labute approximate surface area is 80.9 Å². The minimum Gasteiger partial charge on any atom is -0.211 e. The van der Waals surface area contributed by atoms with E-state index in [1.807, 2.05) is 6.07 Å². The van der Waals surface area contributed by atoms with E-state index >= 15 is 0 Å². The first kappa shape index (κ1) is 10.2. The number of hydrogen-bond acceptors (Lipinski definition) is 4. The predicted octanol–water partition coefficient (Wildman–Crippen LogP) is 0.918. The molecular formula is C7H8N2O2S2. The fourth-order valence-corrected chi connectivity index (χ4v) is 3.17. The molecule has 70 valence electrons. The molecule has 6 heteroatoms. The van der Waals surface area contributed by atoms with Crippen LogP contribution in [0.15, 0.2) is 15.7 Å². The molecule has 0 atom stereocenters. The largest absolute Gasteiger partial charge is 0.251 e. The molecule has 0 aromatic carbocycles. The molecule has 0 radical (unpaired) electrons. The van der Waals surface area contributed by atoms with Crippen molar-refractivity contribution in [2.45, 2.75) is 11.1 Å². The summed E-state index contributed by atoms with van der Waals surface area (Å²) in [6, 6.07) is 3.33. The summed E-state index contributed by atoms with van der Waals surface area (Å²) in [5, 5.41) is 10.2. The summed E-state index contributed by atoms with van der Waals surface area (Å²) in [5.74, 6) is 0. The van der Waals surface area contributed by atoms with Crippen LogP contribution in [0.4, 0.5) is 0 Å². The predicted molar refractivity (Wildman–Crippen MR) is 49.9 cm³/mol. The van der Waals surface area contributed by atoms with E-state index in [-0.39, 0.29) is 9.77 Å². The molecule has 0 bridgehead atoms. The van der Waals surface area contributed by atoms with E-state index in [0.29, 0.717) is 6.54 Å². The third kappa shape index (κ3) is 2.06. The van der Waals surface area contributed by atoms with Gasteiger partial charge < -0.3 is 0 Å². The van der Waals surface area contributed by atoms with Crippen molar-refractivity contribution in [3.63, 3.8) is 0 Å². The summed E-state index contributed by atoms with van der Waals surface area (Å²) in [7, 11) is -3.46. The number of thiophene rings is 1. The maximum Gasteiger partial charge on any atom is 0.251 e. The molecule has 1 aromatic heterocycles. The van der Waals surface area contributed by atoms with E-state index in [1.54, 1.807) is 12.3 Å². The van der Waals surface area contributed by atoms with Crippen molar-refractivity contribution in [1.29, 1.82) is 5.26 Å². The molecular weight excluding hydrogens is 208 g/mol. The van der Waals surface area contributed by atoms with Crippen molar-refractivity contribution in [3.8, 4) is 6.07 Å². The average Bonchev–Trinajstić information content (AvgIpc) is 2.51. The SMILES string of the molecule is CCNS(=O)(=O)c1sccc1C#N. The van der Waals surface area contributed by atoms with Gasteiger partial charge in [-0.05, 0) is 11.4 Å². The number of nitrogens with one attached hydrogen (secondary N) is 1. The van der Waals surface area contributed by atoms with Gasteiger partial charge >= 0.3 is 0 Å². The van der Waals surface area contributed by atoms with Crippen LogP contribution in [0.2, 0.25) is 0 Å². The van der Waals surface area contributed by atoms with E-state index in [0.717, 1.165) is 11.3 Å². The van der Waals surface area contributed by atoms with Crippen LogP contribution < -0.4 is 4.72 Å². The molecule has 1 rings (SSSR count). The zero-order chi connectivity index (χ0) is 9.90. The number of sulfonamides is 1. The lowest BCUT2D eigenvalue weighted by molar-refractivity contribution is 0.586. The molecule has 4 nitrogen and oxygen atoms in total. The summed E-state index contributed by atoms with van der Waals surface area (Å²) in [4.78, 5) is 0. The number of nitrogens with zero attached hydrogens (tertiary/aromatic N) is 1. The van der Waals surface area contributed by atoms with Crippen molar-refractivity contribution in [3.05, 3.63) is 17.0 Å². The normalized spacial score (nSPS) is 11.1. The van der Waals surface area contributed by atoms with Crippen LogP contribution in [0.25, 0.3) is 0 Å². The van der Waals surface area contributed by atoms with Gasteiger partial charge in [-0.3, -0.25) is 0 Å². The smallest absolute Gasteiger partial charge is 0.211 e. The summed E-state index contributed by atoms with van der Waals surface area (Å²) in [6.45, 7) is 2.02. The van der Waals surface area contributed by atoms with Crippen molar-refractivity contribution < 1.29 is 8.42 Å². The first-order valence-electron chi connectivity index (χ1n) is 3.59. The molecule has 1 heterocycles. The Morgan fingerprint density at radius 3 is 2.92 bits per heavy atom. The van der Waals surface area contributed by atoms with Crippen molar-refractivity contribution in [2.75, 3.05) is 6.54 Å². The van der Waals surface area contributed by atoms with Crippen molar-refractivity contribution in [1.82, 2.24) is 4.72 Å². The molecule has 0 aliphatic rings. The van der Waals surface area contributed by atoms with Crippen LogP contribution in [-0.4, -0.2) is 15.0 Å². The van der Waals surface area contributed by atoms with Gasteiger partial charge in [-0.25, -0.2) is 13.1 Å². The van der Waals surface area contributed by atoms with Crippen LogP contribution in [-0.2, 0) is 10.0 Å². The molecule has 1 N–H and O–H groups in total. The Hall–Kier alpha value is -0.900. The molecule has 0 saturated carbocycles. The van der Waals surface area contributed by atoms with E-state index in [4.69, 9.17) is 5.26 Å². The molecule has 0 aliphatic heterocycles. The lowest BCUT2D eigenvalue weighted by atomic mass is 10.4. The summed E-state index contributed by atoms with van der Waals surface area (Å²) >= 11 is 1.05. The van der Waals surface area contributed by atoms with Gasteiger partial charge in [0.25, 0.3) is 10.0 Å². The zero-order valence-corrected chi connectivity index (χ0v) is 8.58. The van der Waals surface area contributed by atoms with Gasteiger partial charge in [0, 0.05) is 6.54 Å². The first-order chi connectivity index (χ1) is 6.11.